The SMILES string of the molecule is CCCn1cccc1C(=O)N1CCC(C)C(CN)C1. The fourth-order valence-electron chi connectivity index (χ4n) is 2.85. The zero-order valence-electron chi connectivity index (χ0n) is 12.0. The number of rotatable bonds is 4. The molecule has 2 N–H and O–H groups in total. The molecule has 1 aliphatic heterocycles. The fourth-order valence-corrected chi connectivity index (χ4v) is 2.85. The predicted octanol–water partition coefficient (Wildman–Crippen LogP) is 1.95. The molecule has 2 rings (SSSR count). The highest BCUT2D eigenvalue weighted by Gasteiger charge is 2.29. The van der Waals surface area contributed by atoms with Crippen molar-refractivity contribution in [3.8, 4) is 0 Å². The maximum Gasteiger partial charge on any atom is 0.270 e. The number of hydrogen-bond donors (Lipinski definition) is 1. The third-order valence-electron chi connectivity index (χ3n) is 4.22. The van der Waals surface area contributed by atoms with Gasteiger partial charge in [-0.3, -0.25) is 4.79 Å². The van der Waals surface area contributed by atoms with E-state index >= 15 is 0 Å². The molecule has 2 atom stereocenters. The summed E-state index contributed by atoms with van der Waals surface area (Å²) in [5.74, 6) is 1.22. The van der Waals surface area contributed by atoms with Gasteiger partial charge in [-0.2, -0.15) is 0 Å². The Kier molecular flexibility index (Phi) is 4.64. The maximum absolute atomic E-state index is 12.6. The Balaban J connectivity index is 2.09. The summed E-state index contributed by atoms with van der Waals surface area (Å²) in [5, 5.41) is 0. The summed E-state index contributed by atoms with van der Waals surface area (Å²) >= 11 is 0. The van der Waals surface area contributed by atoms with Crippen molar-refractivity contribution in [2.24, 2.45) is 17.6 Å². The molecule has 19 heavy (non-hydrogen) atoms. The lowest BCUT2D eigenvalue weighted by atomic mass is 9.87. The molecule has 4 heteroatoms. The molecule has 2 heterocycles. The molecule has 1 aromatic heterocycles. The van der Waals surface area contributed by atoms with E-state index in [4.69, 9.17) is 5.73 Å². The Morgan fingerprint density at radius 2 is 2.32 bits per heavy atom. The highest BCUT2D eigenvalue weighted by Crippen LogP contribution is 2.23. The Labute approximate surface area is 115 Å². The molecule has 0 aromatic carbocycles. The van der Waals surface area contributed by atoms with Gasteiger partial charge < -0.3 is 15.2 Å². The predicted molar refractivity (Wildman–Crippen MR) is 77.0 cm³/mol. The molecule has 2 unspecified atom stereocenters. The molecule has 4 nitrogen and oxygen atoms in total. The smallest absolute Gasteiger partial charge is 0.270 e. The molecule has 1 saturated heterocycles. The Bertz CT molecular complexity index is 427. The van der Waals surface area contributed by atoms with E-state index in [1.807, 2.05) is 23.2 Å². The second-order valence-corrected chi connectivity index (χ2v) is 5.60. The highest BCUT2D eigenvalue weighted by atomic mass is 16.2. The monoisotopic (exact) mass is 263 g/mol. The van der Waals surface area contributed by atoms with Crippen molar-refractivity contribution in [3.63, 3.8) is 0 Å². The summed E-state index contributed by atoms with van der Waals surface area (Å²) in [5.41, 5.74) is 6.62. The van der Waals surface area contributed by atoms with Crippen molar-refractivity contribution < 1.29 is 4.79 Å². The lowest BCUT2D eigenvalue weighted by Crippen LogP contribution is -2.45. The number of aryl methyl sites for hydroxylation is 1. The Hall–Kier alpha value is -1.29. The van der Waals surface area contributed by atoms with Crippen molar-refractivity contribution in [3.05, 3.63) is 24.0 Å². The second kappa shape index (κ2) is 6.24. The summed E-state index contributed by atoms with van der Waals surface area (Å²) < 4.78 is 2.05. The first-order chi connectivity index (χ1) is 9.17. The summed E-state index contributed by atoms with van der Waals surface area (Å²) in [7, 11) is 0. The number of amides is 1. The molecular weight excluding hydrogens is 238 g/mol. The van der Waals surface area contributed by atoms with Gasteiger partial charge in [0.1, 0.15) is 5.69 Å². The van der Waals surface area contributed by atoms with Crippen LogP contribution in [0.1, 0.15) is 37.2 Å². The van der Waals surface area contributed by atoms with Gasteiger partial charge in [-0.1, -0.05) is 13.8 Å². The Morgan fingerprint density at radius 1 is 1.53 bits per heavy atom. The van der Waals surface area contributed by atoms with Crippen LogP contribution in [0.15, 0.2) is 18.3 Å². The van der Waals surface area contributed by atoms with Crippen LogP contribution >= 0.6 is 0 Å². The van der Waals surface area contributed by atoms with Crippen LogP contribution in [0.5, 0.6) is 0 Å². The number of hydrogen-bond acceptors (Lipinski definition) is 2. The minimum atomic E-state index is 0.156. The summed E-state index contributed by atoms with van der Waals surface area (Å²) in [6.07, 6.45) is 4.09. The number of carbonyl (C=O) groups excluding carboxylic acids is 1. The van der Waals surface area contributed by atoms with Crippen molar-refractivity contribution in [2.75, 3.05) is 19.6 Å². The molecular formula is C15H25N3O. The zero-order valence-corrected chi connectivity index (χ0v) is 12.0. The number of carbonyl (C=O) groups is 1. The average molecular weight is 263 g/mol. The van der Waals surface area contributed by atoms with Gasteiger partial charge in [0.25, 0.3) is 5.91 Å². The van der Waals surface area contributed by atoms with Crippen LogP contribution in [0.25, 0.3) is 0 Å². The van der Waals surface area contributed by atoms with E-state index in [2.05, 4.69) is 18.4 Å². The molecule has 1 aromatic rings. The van der Waals surface area contributed by atoms with Gasteiger partial charge in [0.2, 0.25) is 0 Å². The van der Waals surface area contributed by atoms with E-state index in [-0.39, 0.29) is 5.91 Å². The van der Waals surface area contributed by atoms with Crippen molar-refractivity contribution in [2.45, 2.75) is 33.2 Å². The van der Waals surface area contributed by atoms with Gasteiger partial charge in [-0.05, 0) is 43.4 Å². The number of nitrogens with zero attached hydrogens (tertiary/aromatic N) is 2. The molecule has 0 bridgehead atoms. The van der Waals surface area contributed by atoms with Crippen LogP contribution in [-0.2, 0) is 6.54 Å². The summed E-state index contributed by atoms with van der Waals surface area (Å²) in [6.45, 7) is 7.58. The van der Waals surface area contributed by atoms with E-state index in [9.17, 15) is 4.79 Å². The van der Waals surface area contributed by atoms with Crippen molar-refractivity contribution >= 4 is 5.91 Å². The van der Waals surface area contributed by atoms with E-state index in [0.29, 0.717) is 18.4 Å². The molecule has 0 aliphatic carbocycles. The first kappa shape index (κ1) is 14.1. The molecule has 0 spiro atoms. The molecule has 0 saturated carbocycles. The lowest BCUT2D eigenvalue weighted by molar-refractivity contribution is 0.0607. The van der Waals surface area contributed by atoms with Crippen LogP contribution in [0.3, 0.4) is 0 Å². The molecule has 1 amide bonds. The van der Waals surface area contributed by atoms with Gasteiger partial charge in [-0.25, -0.2) is 0 Å². The number of likely N-dealkylation sites (tertiary alicyclic amines) is 1. The normalized spacial score (nSPS) is 23.6. The van der Waals surface area contributed by atoms with Gasteiger partial charge in [0.15, 0.2) is 0 Å². The first-order valence-corrected chi connectivity index (χ1v) is 7.31. The standard InChI is InChI=1S/C15H25N3O/c1-3-7-17-8-4-5-14(17)15(19)18-9-6-12(2)13(10-16)11-18/h4-5,8,12-13H,3,6-7,9-11,16H2,1-2H3. The minimum absolute atomic E-state index is 0.156. The number of nitrogens with two attached hydrogens (primary N) is 1. The lowest BCUT2D eigenvalue weighted by Gasteiger charge is -2.36. The van der Waals surface area contributed by atoms with E-state index in [1.54, 1.807) is 0 Å². The number of piperidine rings is 1. The largest absolute Gasteiger partial charge is 0.344 e. The van der Waals surface area contributed by atoms with Gasteiger partial charge in [0, 0.05) is 25.8 Å². The van der Waals surface area contributed by atoms with Crippen LogP contribution in [0, 0.1) is 11.8 Å². The minimum Gasteiger partial charge on any atom is -0.344 e. The van der Waals surface area contributed by atoms with Gasteiger partial charge in [0.05, 0.1) is 0 Å². The van der Waals surface area contributed by atoms with Gasteiger partial charge in [-0.15, -0.1) is 0 Å². The van der Waals surface area contributed by atoms with E-state index in [1.165, 1.54) is 0 Å². The summed E-state index contributed by atoms with van der Waals surface area (Å²) in [6, 6.07) is 3.88. The quantitative estimate of drug-likeness (QED) is 0.902. The summed E-state index contributed by atoms with van der Waals surface area (Å²) in [4.78, 5) is 14.6. The topological polar surface area (TPSA) is 51.3 Å². The fraction of sp³-hybridized carbons (Fsp3) is 0.667. The molecule has 1 aliphatic rings. The molecule has 1 fully saturated rings. The Morgan fingerprint density at radius 3 is 3.00 bits per heavy atom. The maximum atomic E-state index is 12.6. The van der Waals surface area contributed by atoms with Crippen LogP contribution < -0.4 is 5.73 Å². The van der Waals surface area contributed by atoms with E-state index < -0.39 is 0 Å². The zero-order chi connectivity index (χ0) is 13.8. The van der Waals surface area contributed by atoms with Crippen LogP contribution in [-0.4, -0.2) is 35.0 Å². The van der Waals surface area contributed by atoms with E-state index in [0.717, 1.165) is 38.2 Å². The first-order valence-electron chi connectivity index (χ1n) is 7.31. The third kappa shape index (κ3) is 3.00. The third-order valence-corrected chi connectivity index (χ3v) is 4.22. The van der Waals surface area contributed by atoms with Crippen LogP contribution in [0.2, 0.25) is 0 Å². The number of aromatic nitrogens is 1. The van der Waals surface area contributed by atoms with Gasteiger partial charge >= 0.3 is 0 Å². The average Bonchev–Trinajstić information content (AvgIpc) is 2.87. The highest BCUT2D eigenvalue weighted by molar-refractivity contribution is 5.92. The van der Waals surface area contributed by atoms with Crippen molar-refractivity contribution in [1.82, 2.24) is 9.47 Å². The molecule has 0 radical (unpaired) electrons. The second-order valence-electron chi connectivity index (χ2n) is 5.60. The molecule has 106 valence electrons. The van der Waals surface area contributed by atoms with Crippen LogP contribution in [0.4, 0.5) is 0 Å². The van der Waals surface area contributed by atoms with Crippen molar-refractivity contribution in [1.29, 1.82) is 0 Å².